The van der Waals surface area contributed by atoms with Gasteiger partial charge in [-0.2, -0.15) is 5.26 Å². The van der Waals surface area contributed by atoms with Crippen LogP contribution in [0.5, 0.6) is 0 Å². The molecule has 0 radical (unpaired) electrons. The first-order chi connectivity index (χ1) is 14.0. The average Bonchev–Trinajstić information content (AvgIpc) is 3.60. The Hall–Kier alpha value is -2.65. The predicted octanol–water partition coefficient (Wildman–Crippen LogP) is 3.98. The Labute approximate surface area is 171 Å². The molecule has 1 amide bonds. The lowest BCUT2D eigenvalue weighted by Gasteiger charge is -2.21. The van der Waals surface area contributed by atoms with Crippen molar-refractivity contribution in [2.24, 2.45) is 5.92 Å². The van der Waals surface area contributed by atoms with Crippen LogP contribution in [0.25, 0.3) is 0 Å². The van der Waals surface area contributed by atoms with Crippen LogP contribution in [0, 0.1) is 36.9 Å². The van der Waals surface area contributed by atoms with Crippen molar-refractivity contribution in [1.29, 1.82) is 5.26 Å². The summed E-state index contributed by atoms with van der Waals surface area (Å²) in [6.07, 6.45) is 4.87. The van der Waals surface area contributed by atoms with E-state index in [1.807, 2.05) is 18.4 Å². The number of nitrogens with zero attached hydrogens (tertiary/aromatic N) is 3. The molecule has 0 atom stereocenters. The van der Waals surface area contributed by atoms with E-state index in [-0.39, 0.29) is 11.7 Å². The molecule has 152 valence electrons. The number of nitrogens with one attached hydrogen (secondary N) is 1. The Bertz CT molecular complexity index is 949. The van der Waals surface area contributed by atoms with Gasteiger partial charge in [-0.25, -0.2) is 4.39 Å². The van der Waals surface area contributed by atoms with Crippen LogP contribution in [0.1, 0.15) is 48.1 Å². The van der Waals surface area contributed by atoms with Gasteiger partial charge in [-0.3, -0.25) is 9.69 Å². The lowest BCUT2D eigenvalue weighted by atomic mass is 10.2. The van der Waals surface area contributed by atoms with Crippen molar-refractivity contribution in [3.8, 4) is 6.07 Å². The SMILES string of the molecule is Cc1c(C#N)c(NC(=O)CN(CC2CC2)C2CC2)n(Cc2ccc(F)cc2)c1C. The minimum Gasteiger partial charge on any atom is -0.326 e. The van der Waals surface area contributed by atoms with E-state index in [2.05, 4.69) is 16.3 Å². The standard InChI is InChI=1S/C23H27FN4O/c1-15-16(2)28(13-18-5-7-19(24)8-6-18)23(21(15)11-25)26-22(29)14-27(20-9-10-20)12-17-3-4-17/h5-8,17,20H,3-4,9-10,12-14H2,1-2H3,(H,26,29). The minimum atomic E-state index is -0.281. The van der Waals surface area contributed by atoms with E-state index in [1.165, 1.54) is 37.8 Å². The predicted molar refractivity (Wildman–Crippen MR) is 110 cm³/mol. The Morgan fingerprint density at radius 2 is 1.93 bits per heavy atom. The van der Waals surface area contributed by atoms with E-state index in [1.54, 1.807) is 12.1 Å². The molecular formula is C23H27FN4O. The van der Waals surface area contributed by atoms with Gasteiger partial charge in [0.15, 0.2) is 0 Å². The topological polar surface area (TPSA) is 61.1 Å². The number of hydrogen-bond acceptors (Lipinski definition) is 3. The summed E-state index contributed by atoms with van der Waals surface area (Å²) >= 11 is 0. The molecule has 0 bridgehead atoms. The fraction of sp³-hybridized carbons (Fsp3) is 0.478. The Kier molecular flexibility index (Phi) is 5.42. The maximum Gasteiger partial charge on any atom is 0.239 e. The van der Waals surface area contributed by atoms with Gasteiger partial charge in [-0.1, -0.05) is 12.1 Å². The fourth-order valence-electron chi connectivity index (χ4n) is 3.87. The summed E-state index contributed by atoms with van der Waals surface area (Å²) in [7, 11) is 0. The second kappa shape index (κ2) is 8.00. The highest BCUT2D eigenvalue weighted by atomic mass is 19.1. The van der Waals surface area contributed by atoms with Gasteiger partial charge in [0, 0.05) is 24.8 Å². The second-order valence-electron chi connectivity index (χ2n) is 8.41. The molecule has 1 aromatic carbocycles. The number of rotatable bonds is 8. The first-order valence-corrected chi connectivity index (χ1v) is 10.3. The van der Waals surface area contributed by atoms with Crippen LogP contribution in [-0.2, 0) is 11.3 Å². The lowest BCUT2D eigenvalue weighted by molar-refractivity contribution is -0.117. The molecule has 0 spiro atoms. The van der Waals surface area contributed by atoms with Gasteiger partial charge >= 0.3 is 0 Å². The number of anilines is 1. The van der Waals surface area contributed by atoms with Crippen molar-refractivity contribution in [2.45, 2.75) is 52.1 Å². The number of benzene rings is 1. The third-order valence-electron chi connectivity index (χ3n) is 6.05. The molecule has 6 heteroatoms. The quantitative estimate of drug-likeness (QED) is 0.737. The molecule has 1 heterocycles. The van der Waals surface area contributed by atoms with Crippen LogP contribution in [0.3, 0.4) is 0 Å². The number of nitriles is 1. The summed E-state index contributed by atoms with van der Waals surface area (Å²) in [5, 5.41) is 12.7. The van der Waals surface area contributed by atoms with E-state index in [0.717, 1.165) is 29.3 Å². The van der Waals surface area contributed by atoms with Crippen LogP contribution in [0.15, 0.2) is 24.3 Å². The molecule has 5 nitrogen and oxygen atoms in total. The smallest absolute Gasteiger partial charge is 0.239 e. The number of hydrogen-bond donors (Lipinski definition) is 1. The molecule has 29 heavy (non-hydrogen) atoms. The van der Waals surface area contributed by atoms with Crippen LogP contribution in [-0.4, -0.2) is 34.5 Å². The number of carbonyl (C=O) groups excluding carboxylic acids is 1. The Morgan fingerprint density at radius 3 is 2.52 bits per heavy atom. The maximum atomic E-state index is 13.3. The van der Waals surface area contributed by atoms with Crippen LogP contribution in [0.2, 0.25) is 0 Å². The normalized spacial score (nSPS) is 16.1. The molecular weight excluding hydrogens is 367 g/mol. The van der Waals surface area contributed by atoms with Crippen molar-refractivity contribution >= 4 is 11.7 Å². The van der Waals surface area contributed by atoms with Crippen molar-refractivity contribution in [2.75, 3.05) is 18.4 Å². The van der Waals surface area contributed by atoms with Gasteiger partial charge in [-0.15, -0.1) is 0 Å². The zero-order valence-electron chi connectivity index (χ0n) is 17.0. The van der Waals surface area contributed by atoms with Gasteiger partial charge in [0.05, 0.1) is 12.1 Å². The van der Waals surface area contributed by atoms with Crippen LogP contribution < -0.4 is 5.32 Å². The lowest BCUT2D eigenvalue weighted by Crippen LogP contribution is -2.36. The molecule has 2 aliphatic carbocycles. The number of amides is 1. The number of carbonyl (C=O) groups is 1. The van der Waals surface area contributed by atoms with Crippen molar-refractivity contribution in [3.05, 3.63) is 52.5 Å². The number of aromatic nitrogens is 1. The summed E-state index contributed by atoms with van der Waals surface area (Å²) in [6, 6.07) is 9.09. The molecule has 4 rings (SSSR count). The molecule has 2 aliphatic rings. The molecule has 2 saturated carbocycles. The van der Waals surface area contributed by atoms with E-state index >= 15 is 0 Å². The van der Waals surface area contributed by atoms with Gasteiger partial charge in [-0.05, 0) is 68.7 Å². The minimum absolute atomic E-state index is 0.0769. The molecule has 1 aromatic heterocycles. The summed E-state index contributed by atoms with van der Waals surface area (Å²) in [4.78, 5) is 15.2. The fourth-order valence-corrected chi connectivity index (χ4v) is 3.87. The van der Waals surface area contributed by atoms with Crippen molar-refractivity contribution in [3.63, 3.8) is 0 Å². The zero-order valence-corrected chi connectivity index (χ0v) is 17.0. The Morgan fingerprint density at radius 1 is 1.24 bits per heavy atom. The van der Waals surface area contributed by atoms with E-state index in [0.29, 0.717) is 30.5 Å². The molecule has 0 unspecified atom stereocenters. The van der Waals surface area contributed by atoms with Crippen LogP contribution >= 0.6 is 0 Å². The van der Waals surface area contributed by atoms with Gasteiger partial charge in [0.25, 0.3) is 0 Å². The summed E-state index contributed by atoms with van der Waals surface area (Å²) in [6.45, 7) is 5.68. The largest absolute Gasteiger partial charge is 0.326 e. The third kappa shape index (κ3) is 4.51. The highest BCUT2D eigenvalue weighted by molar-refractivity contribution is 5.93. The summed E-state index contributed by atoms with van der Waals surface area (Å²) in [5.74, 6) is 0.923. The van der Waals surface area contributed by atoms with Crippen molar-refractivity contribution < 1.29 is 9.18 Å². The third-order valence-corrected chi connectivity index (χ3v) is 6.05. The van der Waals surface area contributed by atoms with Crippen molar-refractivity contribution in [1.82, 2.24) is 9.47 Å². The molecule has 1 N–H and O–H groups in total. The zero-order chi connectivity index (χ0) is 20.5. The average molecular weight is 394 g/mol. The maximum absolute atomic E-state index is 13.3. The highest BCUT2D eigenvalue weighted by Crippen LogP contribution is 2.35. The molecule has 0 aliphatic heterocycles. The molecule has 2 aromatic rings. The van der Waals surface area contributed by atoms with Gasteiger partial charge < -0.3 is 9.88 Å². The van der Waals surface area contributed by atoms with E-state index in [9.17, 15) is 14.4 Å². The van der Waals surface area contributed by atoms with Gasteiger partial charge in [0.2, 0.25) is 5.91 Å². The second-order valence-corrected chi connectivity index (χ2v) is 8.41. The summed E-state index contributed by atoms with van der Waals surface area (Å²) in [5.41, 5.74) is 3.20. The molecule has 2 fully saturated rings. The first-order valence-electron chi connectivity index (χ1n) is 10.3. The van der Waals surface area contributed by atoms with Crippen LogP contribution in [0.4, 0.5) is 10.2 Å². The van der Waals surface area contributed by atoms with Gasteiger partial charge in [0.1, 0.15) is 17.7 Å². The summed E-state index contributed by atoms with van der Waals surface area (Å²) < 4.78 is 15.2. The monoisotopic (exact) mass is 394 g/mol. The molecule has 0 saturated heterocycles. The van der Waals surface area contributed by atoms with E-state index < -0.39 is 0 Å². The van der Waals surface area contributed by atoms with E-state index in [4.69, 9.17) is 0 Å². The highest BCUT2D eigenvalue weighted by Gasteiger charge is 2.34. The Balaban J connectivity index is 1.54. The first kappa shape index (κ1) is 19.7. The number of halogens is 1.